The van der Waals surface area contributed by atoms with E-state index in [1.807, 2.05) is 24.3 Å². The van der Waals surface area contributed by atoms with Gasteiger partial charge in [-0.15, -0.1) is 5.10 Å². The molecule has 10 heteroatoms. The average Bonchev–Trinajstić information content (AvgIpc) is 3.33. The molecule has 1 fully saturated rings. The molecule has 0 atom stereocenters. The van der Waals surface area contributed by atoms with Crippen LogP contribution in [0.2, 0.25) is 0 Å². The second-order valence-electron chi connectivity index (χ2n) is 6.26. The summed E-state index contributed by atoms with van der Waals surface area (Å²) in [5.41, 5.74) is -0.110. The van der Waals surface area contributed by atoms with E-state index in [4.69, 9.17) is 19.3 Å². The Kier molecular flexibility index (Phi) is 5.90. The Labute approximate surface area is 160 Å². The maximum absolute atomic E-state index is 11.3. The van der Waals surface area contributed by atoms with Crippen LogP contribution in [0, 0.1) is 0 Å². The lowest BCUT2D eigenvalue weighted by Gasteiger charge is -2.28. The van der Waals surface area contributed by atoms with Gasteiger partial charge in [0.2, 0.25) is 5.69 Å². The maximum atomic E-state index is 11.3. The Bertz CT molecular complexity index is 841. The Morgan fingerprint density at radius 3 is 2.39 bits per heavy atom. The lowest BCUT2D eigenvalue weighted by atomic mass is 9.99. The Morgan fingerprint density at radius 2 is 1.82 bits per heavy atom. The fourth-order valence-electron chi connectivity index (χ4n) is 3.20. The van der Waals surface area contributed by atoms with E-state index >= 15 is 0 Å². The number of carboxylic acids is 2. The number of hydrogen-bond donors (Lipinski definition) is 2. The predicted molar refractivity (Wildman–Crippen MR) is 94.4 cm³/mol. The normalized spacial score (nSPS) is 15.5. The summed E-state index contributed by atoms with van der Waals surface area (Å²) in [7, 11) is 1.60. The van der Waals surface area contributed by atoms with E-state index in [0.29, 0.717) is 32.5 Å². The SMILES string of the molecule is COc1ccc(C2(CCCCn3nnc(C(=O)O)c3C(=O)O)OCCO2)cc1. The highest BCUT2D eigenvalue weighted by atomic mass is 16.7. The average molecular weight is 391 g/mol. The summed E-state index contributed by atoms with van der Waals surface area (Å²) in [6, 6.07) is 7.46. The number of rotatable bonds is 9. The van der Waals surface area contributed by atoms with Crippen molar-refractivity contribution in [1.82, 2.24) is 15.0 Å². The molecule has 3 rings (SSSR count). The Balaban J connectivity index is 1.64. The molecule has 150 valence electrons. The van der Waals surface area contributed by atoms with Crippen LogP contribution in [0.15, 0.2) is 24.3 Å². The third kappa shape index (κ3) is 3.97. The molecule has 1 aliphatic rings. The number of nitrogens with zero attached hydrogens (tertiary/aromatic N) is 3. The Hall–Kier alpha value is -2.98. The van der Waals surface area contributed by atoms with Crippen LogP contribution in [0.3, 0.4) is 0 Å². The molecule has 1 aromatic carbocycles. The van der Waals surface area contributed by atoms with Gasteiger partial charge in [0.1, 0.15) is 5.75 Å². The highest BCUT2D eigenvalue weighted by Gasteiger charge is 2.38. The molecule has 1 aliphatic heterocycles. The number of ether oxygens (including phenoxy) is 3. The van der Waals surface area contributed by atoms with Crippen LogP contribution in [0.25, 0.3) is 0 Å². The Morgan fingerprint density at radius 1 is 1.14 bits per heavy atom. The summed E-state index contributed by atoms with van der Waals surface area (Å²) >= 11 is 0. The van der Waals surface area contributed by atoms with Gasteiger partial charge in [-0.2, -0.15) is 0 Å². The lowest BCUT2D eigenvalue weighted by molar-refractivity contribution is -0.171. The largest absolute Gasteiger partial charge is 0.497 e. The van der Waals surface area contributed by atoms with E-state index in [-0.39, 0.29) is 6.54 Å². The molecule has 0 spiro atoms. The summed E-state index contributed by atoms with van der Waals surface area (Å²) < 4.78 is 18.0. The van der Waals surface area contributed by atoms with Crippen molar-refractivity contribution in [1.29, 1.82) is 0 Å². The van der Waals surface area contributed by atoms with Gasteiger partial charge in [0.25, 0.3) is 0 Å². The predicted octanol–water partition coefficient (Wildman–Crippen LogP) is 1.75. The molecule has 2 N–H and O–H groups in total. The van der Waals surface area contributed by atoms with Crippen molar-refractivity contribution in [2.75, 3.05) is 20.3 Å². The number of carboxylic acid groups (broad SMARTS) is 2. The van der Waals surface area contributed by atoms with Crippen LogP contribution in [0.1, 0.15) is 45.8 Å². The van der Waals surface area contributed by atoms with Crippen LogP contribution < -0.4 is 4.74 Å². The maximum Gasteiger partial charge on any atom is 0.359 e. The summed E-state index contributed by atoms with van der Waals surface area (Å²) in [5, 5.41) is 25.3. The van der Waals surface area contributed by atoms with Crippen molar-refractivity contribution < 1.29 is 34.0 Å². The van der Waals surface area contributed by atoms with E-state index in [9.17, 15) is 14.7 Å². The highest BCUT2D eigenvalue weighted by Crippen LogP contribution is 2.37. The molecule has 10 nitrogen and oxygen atoms in total. The molecule has 2 aromatic rings. The van der Waals surface area contributed by atoms with Gasteiger partial charge in [0, 0.05) is 18.5 Å². The number of aryl methyl sites for hydroxylation is 1. The molecule has 0 bridgehead atoms. The first-order chi connectivity index (χ1) is 13.5. The molecule has 1 saturated heterocycles. The zero-order valence-electron chi connectivity index (χ0n) is 15.3. The number of unbranched alkanes of at least 4 members (excludes halogenated alkanes) is 1. The number of hydrogen-bond acceptors (Lipinski definition) is 7. The van der Waals surface area contributed by atoms with Crippen molar-refractivity contribution in [3.63, 3.8) is 0 Å². The first kappa shape index (κ1) is 19.8. The zero-order chi connectivity index (χ0) is 20.1. The van der Waals surface area contributed by atoms with Crippen molar-refractivity contribution in [2.45, 2.75) is 31.6 Å². The minimum Gasteiger partial charge on any atom is -0.497 e. The molecular formula is C18H21N3O7. The summed E-state index contributed by atoms with van der Waals surface area (Å²) in [6.45, 7) is 1.20. The van der Waals surface area contributed by atoms with E-state index in [1.54, 1.807) is 7.11 Å². The molecule has 0 amide bonds. The monoisotopic (exact) mass is 391 g/mol. The molecule has 2 heterocycles. The molecule has 0 unspecified atom stereocenters. The van der Waals surface area contributed by atoms with E-state index in [1.165, 1.54) is 0 Å². The van der Waals surface area contributed by atoms with Crippen molar-refractivity contribution in [2.24, 2.45) is 0 Å². The number of aromatic carboxylic acids is 2. The van der Waals surface area contributed by atoms with Crippen LogP contribution in [0.4, 0.5) is 0 Å². The van der Waals surface area contributed by atoms with Crippen LogP contribution in [-0.4, -0.2) is 57.5 Å². The lowest BCUT2D eigenvalue weighted by Crippen LogP contribution is -2.27. The van der Waals surface area contributed by atoms with Gasteiger partial charge in [0.05, 0.1) is 20.3 Å². The first-order valence-corrected chi connectivity index (χ1v) is 8.79. The summed E-state index contributed by atoms with van der Waals surface area (Å²) in [5.74, 6) is -2.91. The van der Waals surface area contributed by atoms with Gasteiger partial charge >= 0.3 is 11.9 Å². The van der Waals surface area contributed by atoms with Crippen LogP contribution in [0.5, 0.6) is 5.75 Å². The van der Waals surface area contributed by atoms with Crippen LogP contribution in [-0.2, 0) is 21.8 Å². The van der Waals surface area contributed by atoms with Crippen LogP contribution >= 0.6 is 0 Å². The second-order valence-corrected chi connectivity index (χ2v) is 6.26. The molecule has 1 aromatic heterocycles. The third-order valence-corrected chi connectivity index (χ3v) is 4.55. The summed E-state index contributed by atoms with van der Waals surface area (Å²) in [4.78, 5) is 22.4. The molecular weight excluding hydrogens is 370 g/mol. The number of aromatic nitrogens is 3. The van der Waals surface area contributed by atoms with Crippen molar-refractivity contribution in [3.05, 3.63) is 41.2 Å². The second kappa shape index (κ2) is 8.36. The van der Waals surface area contributed by atoms with Crippen molar-refractivity contribution >= 4 is 11.9 Å². The third-order valence-electron chi connectivity index (χ3n) is 4.55. The fraction of sp³-hybridized carbons (Fsp3) is 0.444. The number of methoxy groups -OCH3 is 1. The first-order valence-electron chi connectivity index (χ1n) is 8.79. The molecule has 0 saturated carbocycles. The topological polar surface area (TPSA) is 133 Å². The van der Waals surface area contributed by atoms with Crippen molar-refractivity contribution in [3.8, 4) is 5.75 Å². The van der Waals surface area contributed by atoms with Gasteiger partial charge in [-0.05, 0) is 37.1 Å². The zero-order valence-corrected chi connectivity index (χ0v) is 15.3. The fourth-order valence-corrected chi connectivity index (χ4v) is 3.20. The van der Waals surface area contributed by atoms with Gasteiger partial charge < -0.3 is 24.4 Å². The van der Waals surface area contributed by atoms with E-state index in [2.05, 4.69) is 10.3 Å². The van der Waals surface area contributed by atoms with Gasteiger partial charge in [-0.25, -0.2) is 14.3 Å². The smallest absolute Gasteiger partial charge is 0.359 e. The van der Waals surface area contributed by atoms with E-state index < -0.39 is 29.1 Å². The quantitative estimate of drug-likeness (QED) is 0.613. The van der Waals surface area contributed by atoms with Gasteiger partial charge in [-0.1, -0.05) is 5.21 Å². The molecule has 0 aliphatic carbocycles. The number of benzene rings is 1. The van der Waals surface area contributed by atoms with Gasteiger partial charge in [-0.3, -0.25) is 0 Å². The van der Waals surface area contributed by atoms with Gasteiger partial charge in [0.15, 0.2) is 11.5 Å². The standard InChI is InChI=1S/C18H21N3O7/c1-26-13-6-4-12(5-7-13)18(27-10-11-28-18)8-2-3-9-21-15(17(24)25)14(16(22)23)19-20-21/h4-7H,2-3,8-11H2,1H3,(H,22,23)(H,24,25). The summed E-state index contributed by atoms with van der Waals surface area (Å²) in [6.07, 6.45) is 1.75. The molecule has 28 heavy (non-hydrogen) atoms. The number of carbonyl (C=O) groups is 2. The minimum absolute atomic E-state index is 0.223. The minimum atomic E-state index is -1.42. The highest BCUT2D eigenvalue weighted by molar-refractivity contribution is 5.98. The van der Waals surface area contributed by atoms with E-state index in [0.717, 1.165) is 16.0 Å². The molecule has 0 radical (unpaired) electrons.